The molecule has 0 spiro atoms. The molecule has 1 aliphatic rings. The molecule has 0 aliphatic carbocycles. The summed E-state index contributed by atoms with van der Waals surface area (Å²) in [6, 6.07) is 4.69. The molecule has 6 nitrogen and oxygen atoms in total. The van der Waals surface area contributed by atoms with Gasteiger partial charge in [-0.3, -0.25) is 14.9 Å². The summed E-state index contributed by atoms with van der Waals surface area (Å²) in [4.78, 5) is 24.3. The fourth-order valence-corrected chi connectivity index (χ4v) is 2.37. The lowest BCUT2D eigenvalue weighted by atomic mass is 9.82. The van der Waals surface area contributed by atoms with Gasteiger partial charge >= 0.3 is 0 Å². The van der Waals surface area contributed by atoms with Crippen molar-refractivity contribution in [3.05, 3.63) is 39.4 Å². The molecule has 0 unspecified atom stereocenters. The molecule has 0 aromatic heterocycles. The van der Waals surface area contributed by atoms with E-state index in [0.29, 0.717) is 5.56 Å². The number of nitro groups is 1. The summed E-state index contributed by atoms with van der Waals surface area (Å²) < 4.78 is 0. The van der Waals surface area contributed by atoms with Crippen LogP contribution in [0.15, 0.2) is 18.2 Å². The molecule has 20 heavy (non-hydrogen) atoms. The molecule has 1 saturated heterocycles. The van der Waals surface area contributed by atoms with Crippen LogP contribution in [0.4, 0.5) is 5.69 Å². The Bertz CT molecular complexity index is 562. The van der Waals surface area contributed by atoms with Crippen LogP contribution in [0.3, 0.4) is 0 Å². The summed E-state index contributed by atoms with van der Waals surface area (Å²) in [7, 11) is 0. The molecule has 6 heteroatoms. The molecule has 0 atom stereocenters. The van der Waals surface area contributed by atoms with Gasteiger partial charge in [-0.25, -0.2) is 0 Å². The van der Waals surface area contributed by atoms with Gasteiger partial charge in [0, 0.05) is 5.56 Å². The van der Waals surface area contributed by atoms with Crippen LogP contribution in [0, 0.1) is 23.0 Å². The number of carbonyl (C=O) groups excluding carboxylic acids is 1. The van der Waals surface area contributed by atoms with Gasteiger partial charge in [-0.1, -0.05) is 26.0 Å². The summed E-state index contributed by atoms with van der Waals surface area (Å²) in [5.41, 5.74) is -0.493. The van der Waals surface area contributed by atoms with Crippen molar-refractivity contribution in [2.24, 2.45) is 5.92 Å². The maximum atomic E-state index is 12.3. The minimum atomic E-state index is -0.881. The fraction of sp³-hybridized carbons (Fsp3) is 0.500. The first-order chi connectivity index (χ1) is 9.26. The second kappa shape index (κ2) is 4.86. The van der Waals surface area contributed by atoms with Crippen LogP contribution in [0.1, 0.15) is 29.8 Å². The van der Waals surface area contributed by atoms with Crippen LogP contribution in [0.25, 0.3) is 0 Å². The van der Waals surface area contributed by atoms with Crippen molar-refractivity contribution in [2.75, 3.05) is 13.1 Å². The molecule has 108 valence electrons. The monoisotopic (exact) mass is 278 g/mol. The van der Waals surface area contributed by atoms with Gasteiger partial charge in [0.05, 0.1) is 18.0 Å². The van der Waals surface area contributed by atoms with E-state index in [2.05, 4.69) is 0 Å². The van der Waals surface area contributed by atoms with Crippen LogP contribution < -0.4 is 0 Å². The molecule has 0 saturated carbocycles. The van der Waals surface area contributed by atoms with Crippen molar-refractivity contribution >= 4 is 11.6 Å². The van der Waals surface area contributed by atoms with Crippen molar-refractivity contribution in [1.82, 2.24) is 4.90 Å². The number of para-hydroxylation sites is 1. The summed E-state index contributed by atoms with van der Waals surface area (Å²) in [5.74, 6) is -0.357. The maximum absolute atomic E-state index is 12.3. The third kappa shape index (κ3) is 2.27. The highest BCUT2D eigenvalue weighted by Crippen LogP contribution is 2.32. The summed E-state index contributed by atoms with van der Waals surface area (Å²) in [5, 5.41) is 21.3. The average molecular weight is 278 g/mol. The zero-order chi connectivity index (χ0) is 15.1. The summed E-state index contributed by atoms with van der Waals surface area (Å²) in [6.45, 7) is 5.81. The highest BCUT2D eigenvalue weighted by Gasteiger charge is 2.46. The Hall–Kier alpha value is -1.95. The SMILES string of the molecule is Cc1cccc(C(=O)N2CC(O)(C(C)C)C2)c1[N+](=O)[O-]. The Morgan fingerprint density at radius 3 is 2.55 bits per heavy atom. The molecule has 1 amide bonds. The molecule has 1 N–H and O–H groups in total. The predicted molar refractivity (Wildman–Crippen MR) is 73.5 cm³/mol. The summed E-state index contributed by atoms with van der Waals surface area (Å²) >= 11 is 0. The number of hydrogen-bond acceptors (Lipinski definition) is 4. The van der Waals surface area contributed by atoms with Crippen LogP contribution >= 0.6 is 0 Å². The molecule has 1 aliphatic heterocycles. The van der Waals surface area contributed by atoms with Crippen molar-refractivity contribution in [1.29, 1.82) is 0 Å². The lowest BCUT2D eigenvalue weighted by molar-refractivity contribution is -0.385. The number of aliphatic hydroxyl groups is 1. The zero-order valence-electron chi connectivity index (χ0n) is 11.8. The van der Waals surface area contributed by atoms with Gasteiger partial charge in [0.1, 0.15) is 11.2 Å². The first-order valence-corrected chi connectivity index (χ1v) is 6.52. The van der Waals surface area contributed by atoms with Crippen LogP contribution in [-0.4, -0.2) is 39.5 Å². The van der Waals surface area contributed by atoms with Gasteiger partial charge in [0.15, 0.2) is 0 Å². The number of rotatable bonds is 3. The van der Waals surface area contributed by atoms with Crippen LogP contribution in [-0.2, 0) is 0 Å². The quantitative estimate of drug-likeness (QED) is 0.674. The predicted octanol–water partition coefficient (Wildman–Crippen LogP) is 1.75. The molecule has 1 fully saturated rings. The lowest BCUT2D eigenvalue weighted by Gasteiger charge is -2.48. The van der Waals surface area contributed by atoms with Gasteiger partial charge in [-0.15, -0.1) is 0 Å². The summed E-state index contributed by atoms with van der Waals surface area (Å²) in [6.07, 6.45) is 0. The molecule has 1 heterocycles. The van der Waals surface area contributed by atoms with Crippen molar-refractivity contribution in [2.45, 2.75) is 26.4 Å². The van der Waals surface area contributed by atoms with E-state index in [-0.39, 0.29) is 30.3 Å². The van der Waals surface area contributed by atoms with E-state index < -0.39 is 16.4 Å². The van der Waals surface area contributed by atoms with Crippen molar-refractivity contribution < 1.29 is 14.8 Å². The molecule has 2 rings (SSSR count). The second-order valence-electron chi connectivity index (χ2n) is 5.65. The minimum absolute atomic E-state index is 0.0408. The molecule has 0 radical (unpaired) electrons. The topological polar surface area (TPSA) is 83.7 Å². The third-order valence-electron chi connectivity index (χ3n) is 3.94. The van der Waals surface area contributed by atoms with E-state index in [1.807, 2.05) is 13.8 Å². The van der Waals surface area contributed by atoms with E-state index in [9.17, 15) is 20.0 Å². The van der Waals surface area contributed by atoms with E-state index in [1.165, 1.54) is 11.0 Å². The largest absolute Gasteiger partial charge is 0.386 e. The van der Waals surface area contributed by atoms with Crippen molar-refractivity contribution in [3.63, 3.8) is 0 Å². The van der Waals surface area contributed by atoms with E-state index in [1.54, 1.807) is 19.1 Å². The number of nitrogens with zero attached hydrogens (tertiary/aromatic N) is 2. The highest BCUT2D eigenvalue weighted by atomic mass is 16.6. The Morgan fingerprint density at radius 1 is 1.45 bits per heavy atom. The van der Waals surface area contributed by atoms with Crippen LogP contribution in [0.2, 0.25) is 0 Å². The van der Waals surface area contributed by atoms with E-state index >= 15 is 0 Å². The van der Waals surface area contributed by atoms with Gasteiger partial charge in [0.2, 0.25) is 0 Å². The Labute approximate surface area is 117 Å². The molecular weight excluding hydrogens is 260 g/mol. The first kappa shape index (κ1) is 14.5. The van der Waals surface area contributed by atoms with Gasteiger partial charge in [0.25, 0.3) is 11.6 Å². The lowest BCUT2D eigenvalue weighted by Crippen LogP contribution is -2.66. The van der Waals surface area contributed by atoms with E-state index in [0.717, 1.165) is 0 Å². The smallest absolute Gasteiger partial charge is 0.285 e. The Balaban J connectivity index is 2.25. The first-order valence-electron chi connectivity index (χ1n) is 6.52. The van der Waals surface area contributed by atoms with Crippen molar-refractivity contribution in [3.8, 4) is 0 Å². The molecule has 0 bridgehead atoms. The normalized spacial score (nSPS) is 16.9. The van der Waals surface area contributed by atoms with Gasteiger partial charge in [-0.05, 0) is 18.9 Å². The third-order valence-corrected chi connectivity index (χ3v) is 3.94. The fourth-order valence-electron chi connectivity index (χ4n) is 2.37. The standard InChI is InChI=1S/C14H18N2O4/c1-9(2)14(18)7-15(8-14)13(17)11-6-4-5-10(3)12(11)16(19)20/h4-6,9,18H,7-8H2,1-3H3. The molecular formula is C14H18N2O4. The molecule has 1 aromatic rings. The molecule has 1 aromatic carbocycles. The number of carbonyl (C=O) groups is 1. The number of amides is 1. The second-order valence-corrected chi connectivity index (χ2v) is 5.65. The number of aryl methyl sites for hydroxylation is 1. The number of nitro benzene ring substituents is 1. The van der Waals surface area contributed by atoms with Crippen LogP contribution in [0.5, 0.6) is 0 Å². The number of β-amino-alcohol motifs (C(OH)–C–C–N with tert-alkyl or cyclic N) is 1. The Kier molecular flexibility index (Phi) is 3.52. The average Bonchev–Trinajstić information content (AvgIpc) is 2.33. The maximum Gasteiger partial charge on any atom is 0.285 e. The number of likely N-dealkylation sites (tertiary alicyclic amines) is 1. The van der Waals surface area contributed by atoms with Gasteiger partial charge in [-0.2, -0.15) is 0 Å². The van der Waals surface area contributed by atoms with E-state index in [4.69, 9.17) is 0 Å². The minimum Gasteiger partial charge on any atom is -0.386 e. The zero-order valence-corrected chi connectivity index (χ0v) is 11.8. The number of hydrogen-bond donors (Lipinski definition) is 1. The highest BCUT2D eigenvalue weighted by molar-refractivity contribution is 5.99. The number of benzene rings is 1. The Morgan fingerprint density at radius 2 is 2.05 bits per heavy atom. The van der Waals surface area contributed by atoms with Gasteiger partial charge < -0.3 is 10.0 Å².